The van der Waals surface area contributed by atoms with Crippen LogP contribution >= 0.6 is 0 Å². The highest BCUT2D eigenvalue weighted by atomic mass is 16.4. The summed E-state index contributed by atoms with van der Waals surface area (Å²) in [4.78, 5) is 132. The predicted octanol–water partition coefficient (Wildman–Crippen LogP) is -5.77. The van der Waals surface area contributed by atoms with Crippen LogP contribution in [0.3, 0.4) is 0 Å². The fourth-order valence-corrected chi connectivity index (χ4v) is 5.72. The van der Waals surface area contributed by atoms with Crippen LogP contribution in [-0.2, 0) is 68.8 Å². The number of quaternary nitrogens is 4. The highest BCUT2D eigenvalue weighted by Crippen LogP contribution is 2.13. The molecule has 13 N–H and O–H groups in total. The molecule has 0 saturated heterocycles. The second kappa shape index (κ2) is 30.4. The quantitative estimate of drug-likeness (QED) is 0.0362. The van der Waals surface area contributed by atoms with Crippen molar-refractivity contribution in [3.05, 3.63) is 136 Å². The highest BCUT2D eigenvalue weighted by molar-refractivity contribution is 6.44. The lowest BCUT2D eigenvalue weighted by Gasteiger charge is -2.10. The Balaban J connectivity index is 0.000000480. The van der Waals surface area contributed by atoms with Crippen LogP contribution < -0.4 is 48.7 Å². The van der Waals surface area contributed by atoms with E-state index in [9.17, 15) is 78.0 Å². The summed E-state index contributed by atoms with van der Waals surface area (Å²) in [6, 6.07) is 22.0. The number of hydrogen-bond donors (Lipinski definition) is 5. The molecule has 0 fully saturated rings. The minimum absolute atomic E-state index is 0.173. The summed E-state index contributed by atoms with van der Waals surface area (Å²) in [7, 11) is 0. The van der Waals surface area contributed by atoms with Gasteiger partial charge in [0.1, 0.15) is 24.2 Å². The van der Waals surface area contributed by atoms with Gasteiger partial charge < -0.3 is 67.9 Å². The van der Waals surface area contributed by atoms with Crippen molar-refractivity contribution >= 4 is 76.0 Å². The molecular weight excluding hydrogens is 939 g/mol. The van der Waals surface area contributed by atoms with Gasteiger partial charge in [0.15, 0.2) is 5.78 Å². The lowest BCUT2D eigenvalue weighted by molar-refractivity contribution is -0.437. The molecule has 0 saturated carbocycles. The summed E-state index contributed by atoms with van der Waals surface area (Å²) in [5.41, 5.74) is 18.2. The number of ketones is 7. The standard InChI is InChI=1S/C14H17NO4.C13H15NO4.C12H14N2O4.C12H13NO4/c1-8(2)12(16)13(17)10-5-3-9(4-6-10)7-11(15)14(18)19;1-2-11(15)12(16)9-5-3-8(4-6-9)7-10(14)13(17)18;1-7(15)11(16)14-9-4-2-8(3-5-9)6-10(13)12(17)18;1-7(14)11(15)9-4-2-8(3-5-9)6-10(13)12(16)17/h3-6,8,11H,7,15H2,1-2H3,(H,18,19);3-6,10H,2,7,14H2,1H3,(H,17,18);2-5,10H,6,13H2,1H3,(H,14,16)(H,17,18);2-5,10H,6,13H2,1H3,(H,16,17)/t11-;3*10-/m0000/s1. The first-order chi connectivity index (χ1) is 33.6. The summed E-state index contributed by atoms with van der Waals surface area (Å²) in [5, 5.41) is 44.5. The van der Waals surface area contributed by atoms with Crippen LogP contribution in [0.15, 0.2) is 97.1 Å². The van der Waals surface area contributed by atoms with Gasteiger partial charge in [-0.25, -0.2) is 0 Å². The van der Waals surface area contributed by atoms with Gasteiger partial charge in [0.05, 0.1) is 23.9 Å². The first-order valence-electron chi connectivity index (χ1n) is 22.1. The molecule has 4 aromatic carbocycles. The number of hydrogen-bond acceptors (Lipinski definition) is 16. The van der Waals surface area contributed by atoms with Crippen LogP contribution in [0.1, 0.15) is 94.4 Å². The number of carbonyl (C=O) groups excluding carboxylic acids is 12. The summed E-state index contributed by atoms with van der Waals surface area (Å²) in [6.07, 6.45) is 1.12. The normalized spacial score (nSPS) is 11.9. The van der Waals surface area contributed by atoms with Crippen LogP contribution in [0.2, 0.25) is 0 Å². The third-order valence-corrected chi connectivity index (χ3v) is 10.1. The Hall–Kier alpha value is -8.24. The first-order valence-corrected chi connectivity index (χ1v) is 22.1. The van der Waals surface area contributed by atoms with Gasteiger partial charge >= 0.3 is 0 Å². The Labute approximate surface area is 413 Å². The van der Waals surface area contributed by atoms with Crippen LogP contribution in [0, 0.1) is 5.92 Å². The molecule has 0 aliphatic carbocycles. The average Bonchev–Trinajstić information content (AvgIpc) is 3.34. The number of benzene rings is 4. The molecule has 21 nitrogen and oxygen atoms in total. The van der Waals surface area contributed by atoms with E-state index in [1.807, 2.05) is 0 Å². The molecule has 0 aliphatic heterocycles. The molecule has 21 heteroatoms. The average molecular weight is 998 g/mol. The largest absolute Gasteiger partial charge is 0.544 e. The van der Waals surface area contributed by atoms with Gasteiger partial charge in [-0.3, -0.25) is 38.4 Å². The molecule has 72 heavy (non-hydrogen) atoms. The maximum Gasteiger partial charge on any atom is 0.291 e. The number of rotatable bonds is 22. The van der Waals surface area contributed by atoms with Gasteiger partial charge in [0, 0.05) is 74.2 Å². The van der Waals surface area contributed by atoms with Gasteiger partial charge in [-0.05, 0) is 34.4 Å². The van der Waals surface area contributed by atoms with Crippen LogP contribution in [0.25, 0.3) is 0 Å². The zero-order chi connectivity index (χ0) is 55.0. The van der Waals surface area contributed by atoms with Gasteiger partial charge in [-0.2, -0.15) is 0 Å². The van der Waals surface area contributed by atoms with E-state index in [2.05, 4.69) is 28.3 Å². The third-order valence-electron chi connectivity index (χ3n) is 10.1. The number of anilines is 1. The first kappa shape index (κ1) is 61.8. The molecule has 0 radical (unpaired) electrons. The van der Waals surface area contributed by atoms with Crippen molar-refractivity contribution in [1.29, 1.82) is 0 Å². The van der Waals surface area contributed by atoms with Crippen LogP contribution in [0.4, 0.5) is 5.69 Å². The summed E-state index contributed by atoms with van der Waals surface area (Å²) in [6.45, 7) is 7.35. The molecule has 4 rings (SSSR count). The minimum Gasteiger partial charge on any atom is -0.544 e. The maximum absolute atomic E-state index is 11.8. The monoisotopic (exact) mass is 997 g/mol. The van der Waals surface area contributed by atoms with Crippen molar-refractivity contribution in [3.8, 4) is 0 Å². The predicted molar refractivity (Wildman–Crippen MR) is 245 cm³/mol. The second-order valence-corrected chi connectivity index (χ2v) is 16.5. The van der Waals surface area contributed by atoms with E-state index >= 15 is 0 Å². The maximum atomic E-state index is 11.8. The van der Waals surface area contributed by atoms with E-state index in [4.69, 9.17) is 0 Å². The lowest BCUT2D eigenvalue weighted by atomic mass is 9.97. The Kier molecular flexibility index (Phi) is 26.1. The van der Waals surface area contributed by atoms with Crippen molar-refractivity contribution < 1.29 is 101 Å². The summed E-state index contributed by atoms with van der Waals surface area (Å²) >= 11 is 0. The Bertz CT molecular complexity index is 2590. The number of Topliss-reactive ketones (excluding diaryl/α,β-unsaturated/α-hetero) is 7. The van der Waals surface area contributed by atoms with Gasteiger partial charge in [-0.1, -0.05) is 106 Å². The Morgan fingerprint density at radius 2 is 0.708 bits per heavy atom. The number of carboxylic acids is 4. The molecule has 0 aliphatic rings. The molecule has 1 amide bonds. The molecule has 0 aromatic heterocycles. The summed E-state index contributed by atoms with van der Waals surface area (Å²) < 4.78 is 0. The molecule has 0 bridgehead atoms. The topological polar surface area (TPSA) is 420 Å². The van der Waals surface area contributed by atoms with E-state index in [0.717, 1.165) is 22.3 Å². The van der Waals surface area contributed by atoms with E-state index in [-0.39, 0.29) is 38.0 Å². The molecule has 0 unspecified atom stereocenters. The van der Waals surface area contributed by atoms with Crippen molar-refractivity contribution in [2.24, 2.45) is 5.92 Å². The van der Waals surface area contributed by atoms with E-state index in [1.54, 1.807) is 81.4 Å². The Morgan fingerprint density at radius 1 is 0.431 bits per heavy atom. The molecule has 4 atom stereocenters. The number of carbonyl (C=O) groups is 12. The highest BCUT2D eigenvalue weighted by Gasteiger charge is 2.20. The molecule has 0 heterocycles. The van der Waals surface area contributed by atoms with Crippen molar-refractivity contribution in [2.45, 2.75) is 90.9 Å². The SMILES string of the molecule is CC(=O)C(=O)Nc1ccc(C[C@H]([NH3+])C(=O)[O-])cc1.CC(=O)C(=O)c1ccc(C[C@H]([NH3+])C(=O)[O-])cc1.CC(C)C(=O)C(=O)c1ccc(C[C@H]([NH3+])C(=O)[O-])cc1.CCC(=O)C(=O)c1ccc(C[C@H]([NH3+])C(=O)[O-])cc1. The molecule has 384 valence electrons. The van der Waals surface area contributed by atoms with E-state index in [1.165, 1.54) is 50.2 Å². The van der Waals surface area contributed by atoms with Gasteiger partial charge in [0.25, 0.3) is 5.91 Å². The fourth-order valence-electron chi connectivity index (χ4n) is 5.72. The van der Waals surface area contributed by atoms with Gasteiger partial charge in [-0.15, -0.1) is 0 Å². The zero-order valence-corrected chi connectivity index (χ0v) is 40.5. The zero-order valence-electron chi connectivity index (χ0n) is 40.5. The van der Waals surface area contributed by atoms with Gasteiger partial charge in [0.2, 0.25) is 34.7 Å². The van der Waals surface area contributed by atoms with Crippen molar-refractivity contribution in [2.75, 3.05) is 5.32 Å². The van der Waals surface area contributed by atoms with E-state index in [0.29, 0.717) is 22.4 Å². The lowest BCUT2D eigenvalue weighted by Crippen LogP contribution is -2.69. The smallest absolute Gasteiger partial charge is 0.291 e. The molecule has 4 aromatic rings. The fraction of sp³-hybridized carbons (Fsp3) is 0.294. The van der Waals surface area contributed by atoms with Crippen LogP contribution in [0.5, 0.6) is 0 Å². The minimum atomic E-state index is -1.21. The Morgan fingerprint density at radius 3 is 0.958 bits per heavy atom. The second-order valence-electron chi connectivity index (χ2n) is 16.5. The molecular formula is C51H59N5O16. The third kappa shape index (κ3) is 22.0. The van der Waals surface area contributed by atoms with Crippen LogP contribution in [-0.4, -0.2) is 94.4 Å². The van der Waals surface area contributed by atoms with E-state index < -0.39 is 94.4 Å². The number of carboxylic acid groups (broad SMARTS) is 4. The number of aliphatic carboxylic acids is 4. The molecule has 0 spiro atoms. The van der Waals surface area contributed by atoms with Crippen molar-refractivity contribution in [1.82, 2.24) is 0 Å². The number of nitrogens with one attached hydrogen (secondary N) is 1. The summed E-state index contributed by atoms with van der Waals surface area (Å²) in [5.74, 6) is -9.43. The number of amides is 1. The van der Waals surface area contributed by atoms with Crippen molar-refractivity contribution in [3.63, 3.8) is 0 Å².